The normalized spacial score (nSPS) is 14.8. The fourth-order valence-corrected chi connectivity index (χ4v) is 3.02. The maximum atomic E-state index is 12.5. The van der Waals surface area contributed by atoms with Crippen molar-refractivity contribution in [1.82, 2.24) is 4.90 Å². The van der Waals surface area contributed by atoms with E-state index in [1.54, 1.807) is 24.3 Å². The number of carbonyl (C=O) groups is 2. The van der Waals surface area contributed by atoms with Crippen molar-refractivity contribution in [3.8, 4) is 5.75 Å². The number of aliphatic carboxylic acids is 1. The molecule has 2 aromatic carbocycles. The highest BCUT2D eigenvalue weighted by Crippen LogP contribution is 2.35. The molecule has 1 aliphatic heterocycles. The van der Waals surface area contributed by atoms with Crippen molar-refractivity contribution in [1.29, 1.82) is 0 Å². The van der Waals surface area contributed by atoms with Crippen LogP contribution >= 0.6 is 15.9 Å². The number of rotatable bonds is 3. The van der Waals surface area contributed by atoms with E-state index in [9.17, 15) is 19.8 Å². The Hall–Kier alpha value is -2.34. The van der Waals surface area contributed by atoms with Gasteiger partial charge in [0.15, 0.2) is 6.04 Å². The number of benzene rings is 2. The molecule has 0 aromatic heterocycles. The lowest BCUT2D eigenvalue weighted by Gasteiger charge is -2.25. The van der Waals surface area contributed by atoms with E-state index in [0.717, 1.165) is 10.0 Å². The average molecular weight is 362 g/mol. The SMILES string of the molecule is O=C(O)C(c1ccccc1O)N1Cc2ccc(Br)cc2C1=O. The number of hydrogen-bond acceptors (Lipinski definition) is 3. The lowest BCUT2D eigenvalue weighted by atomic mass is 10.0. The maximum absolute atomic E-state index is 12.5. The zero-order chi connectivity index (χ0) is 15.9. The molecule has 22 heavy (non-hydrogen) atoms. The second-order valence-corrected chi connectivity index (χ2v) is 5.95. The summed E-state index contributed by atoms with van der Waals surface area (Å²) in [5, 5.41) is 19.5. The van der Waals surface area contributed by atoms with E-state index >= 15 is 0 Å². The molecule has 112 valence electrons. The molecule has 6 heteroatoms. The number of aromatic hydroxyl groups is 1. The third-order valence-electron chi connectivity index (χ3n) is 3.68. The third kappa shape index (κ3) is 2.35. The van der Waals surface area contributed by atoms with Crippen LogP contribution in [0.3, 0.4) is 0 Å². The number of para-hydroxylation sites is 1. The Morgan fingerprint density at radius 3 is 2.64 bits per heavy atom. The largest absolute Gasteiger partial charge is 0.508 e. The minimum atomic E-state index is -1.22. The van der Waals surface area contributed by atoms with Crippen molar-refractivity contribution in [3.05, 3.63) is 63.6 Å². The first kappa shape index (κ1) is 14.6. The van der Waals surface area contributed by atoms with Crippen LogP contribution < -0.4 is 0 Å². The van der Waals surface area contributed by atoms with E-state index in [1.165, 1.54) is 17.0 Å². The van der Waals surface area contributed by atoms with Gasteiger partial charge in [-0.25, -0.2) is 4.79 Å². The Morgan fingerprint density at radius 1 is 1.23 bits per heavy atom. The quantitative estimate of drug-likeness (QED) is 0.880. The number of carbonyl (C=O) groups excluding carboxylic acids is 1. The molecule has 0 saturated carbocycles. The van der Waals surface area contributed by atoms with Gasteiger partial charge < -0.3 is 15.1 Å². The van der Waals surface area contributed by atoms with Gasteiger partial charge in [-0.15, -0.1) is 0 Å². The predicted octanol–water partition coefficient (Wildman–Crippen LogP) is 2.94. The molecule has 0 aliphatic carbocycles. The van der Waals surface area contributed by atoms with E-state index in [4.69, 9.17) is 0 Å². The molecule has 0 bridgehead atoms. The van der Waals surface area contributed by atoms with Crippen LogP contribution in [-0.4, -0.2) is 27.0 Å². The molecule has 0 spiro atoms. The molecular formula is C16H12BrNO4. The minimum Gasteiger partial charge on any atom is -0.508 e. The Bertz CT molecular complexity index is 774. The second kappa shape index (κ2) is 5.46. The Balaban J connectivity index is 2.04. The van der Waals surface area contributed by atoms with Crippen LogP contribution in [0.1, 0.15) is 27.5 Å². The van der Waals surface area contributed by atoms with E-state index in [2.05, 4.69) is 15.9 Å². The molecule has 1 unspecified atom stereocenters. The van der Waals surface area contributed by atoms with Crippen molar-refractivity contribution in [2.75, 3.05) is 0 Å². The smallest absolute Gasteiger partial charge is 0.331 e. The van der Waals surface area contributed by atoms with Gasteiger partial charge in [0, 0.05) is 22.1 Å². The Morgan fingerprint density at radius 2 is 1.95 bits per heavy atom. The average Bonchev–Trinajstić information content (AvgIpc) is 2.78. The van der Waals surface area contributed by atoms with Crippen LogP contribution in [0.4, 0.5) is 0 Å². The molecule has 1 atom stereocenters. The van der Waals surface area contributed by atoms with Crippen molar-refractivity contribution in [3.63, 3.8) is 0 Å². The van der Waals surface area contributed by atoms with Gasteiger partial charge in [-0.3, -0.25) is 4.79 Å². The summed E-state index contributed by atoms with van der Waals surface area (Å²) in [5.41, 5.74) is 1.46. The summed E-state index contributed by atoms with van der Waals surface area (Å²) < 4.78 is 0.760. The summed E-state index contributed by atoms with van der Waals surface area (Å²) in [5.74, 6) is -1.67. The molecule has 3 rings (SSSR count). The topological polar surface area (TPSA) is 77.8 Å². The van der Waals surface area contributed by atoms with Gasteiger partial charge in [0.05, 0.1) is 0 Å². The number of fused-ring (bicyclic) bond motifs is 1. The molecule has 2 aromatic rings. The van der Waals surface area contributed by atoms with Crippen LogP contribution in [0.25, 0.3) is 0 Å². The predicted molar refractivity (Wildman–Crippen MR) is 82.5 cm³/mol. The summed E-state index contributed by atoms with van der Waals surface area (Å²) in [6, 6.07) is 10.2. The number of amides is 1. The van der Waals surface area contributed by atoms with Crippen LogP contribution in [0.2, 0.25) is 0 Å². The third-order valence-corrected chi connectivity index (χ3v) is 4.17. The van der Waals surface area contributed by atoms with Crippen LogP contribution in [-0.2, 0) is 11.3 Å². The molecule has 0 saturated heterocycles. The van der Waals surface area contributed by atoms with Crippen molar-refractivity contribution < 1.29 is 19.8 Å². The molecule has 1 aliphatic rings. The first-order valence-corrected chi connectivity index (χ1v) is 7.38. The fraction of sp³-hybridized carbons (Fsp3) is 0.125. The van der Waals surface area contributed by atoms with Gasteiger partial charge in [-0.1, -0.05) is 40.2 Å². The second-order valence-electron chi connectivity index (χ2n) is 5.03. The molecule has 1 amide bonds. The molecule has 0 radical (unpaired) electrons. The number of carboxylic acids is 1. The summed E-state index contributed by atoms with van der Waals surface area (Å²) in [7, 11) is 0. The highest BCUT2D eigenvalue weighted by Gasteiger charge is 2.38. The number of phenols is 1. The van der Waals surface area contributed by atoms with E-state index in [-0.39, 0.29) is 23.8 Å². The summed E-state index contributed by atoms with van der Waals surface area (Å²) in [4.78, 5) is 25.5. The number of hydrogen-bond donors (Lipinski definition) is 2. The highest BCUT2D eigenvalue weighted by molar-refractivity contribution is 9.10. The standard InChI is InChI=1S/C16H12BrNO4/c17-10-6-5-9-8-18(15(20)12(9)7-10)14(16(21)22)11-3-1-2-4-13(11)19/h1-7,14,19H,8H2,(H,21,22). The van der Waals surface area contributed by atoms with Gasteiger partial charge in [-0.2, -0.15) is 0 Å². The Labute approximate surface area is 134 Å². The molecule has 0 fully saturated rings. The van der Waals surface area contributed by atoms with Crippen molar-refractivity contribution in [2.24, 2.45) is 0 Å². The summed E-state index contributed by atoms with van der Waals surface area (Å²) >= 11 is 3.31. The van der Waals surface area contributed by atoms with E-state index in [0.29, 0.717) is 5.56 Å². The first-order chi connectivity index (χ1) is 10.5. The number of carboxylic acid groups (broad SMARTS) is 1. The number of nitrogens with zero attached hydrogens (tertiary/aromatic N) is 1. The van der Waals surface area contributed by atoms with Gasteiger partial charge >= 0.3 is 5.97 Å². The van der Waals surface area contributed by atoms with E-state index in [1.807, 2.05) is 6.07 Å². The first-order valence-electron chi connectivity index (χ1n) is 6.59. The van der Waals surface area contributed by atoms with Gasteiger partial charge in [0.25, 0.3) is 5.91 Å². The minimum absolute atomic E-state index is 0.139. The van der Waals surface area contributed by atoms with Crippen LogP contribution in [0.5, 0.6) is 5.75 Å². The van der Waals surface area contributed by atoms with Gasteiger partial charge in [-0.05, 0) is 23.8 Å². The Kier molecular flexibility index (Phi) is 3.62. The van der Waals surface area contributed by atoms with Crippen LogP contribution in [0, 0.1) is 0 Å². The highest BCUT2D eigenvalue weighted by atomic mass is 79.9. The van der Waals surface area contributed by atoms with Gasteiger partial charge in [0.2, 0.25) is 0 Å². The number of halogens is 1. The lowest BCUT2D eigenvalue weighted by Crippen LogP contribution is -2.34. The summed E-state index contributed by atoms with van der Waals surface area (Å²) in [6.45, 7) is 0.201. The van der Waals surface area contributed by atoms with Crippen LogP contribution in [0.15, 0.2) is 46.9 Å². The lowest BCUT2D eigenvalue weighted by molar-refractivity contribution is -0.142. The fourth-order valence-electron chi connectivity index (χ4n) is 2.66. The molecule has 5 nitrogen and oxygen atoms in total. The van der Waals surface area contributed by atoms with E-state index < -0.39 is 12.0 Å². The zero-order valence-electron chi connectivity index (χ0n) is 11.4. The van der Waals surface area contributed by atoms with Gasteiger partial charge in [0.1, 0.15) is 5.75 Å². The molecule has 1 heterocycles. The zero-order valence-corrected chi connectivity index (χ0v) is 12.9. The number of phenolic OH excluding ortho intramolecular Hbond substituents is 1. The summed E-state index contributed by atoms with van der Waals surface area (Å²) in [6.07, 6.45) is 0. The maximum Gasteiger partial charge on any atom is 0.331 e. The van der Waals surface area contributed by atoms with Crippen molar-refractivity contribution in [2.45, 2.75) is 12.6 Å². The molecule has 2 N–H and O–H groups in total. The molecular weight excluding hydrogens is 350 g/mol. The van der Waals surface area contributed by atoms with Crippen molar-refractivity contribution >= 4 is 27.8 Å². The monoisotopic (exact) mass is 361 g/mol.